The molecule has 1 saturated carbocycles. The molecule has 1 aliphatic carbocycles. The molecule has 0 amide bonds. The standard InChI is InChI=1S/C10H11Cl2N5O.C3H8O2/c11-8-7-9(14-10(12)13-8)17(16-15-7)6-2-1-5(3-6)4-18;1-3(2,4)5/h5-6,18H,1-4H2;4-5H,1-2H3. The van der Waals surface area contributed by atoms with E-state index in [1.165, 1.54) is 13.8 Å². The van der Waals surface area contributed by atoms with Crippen LogP contribution < -0.4 is 0 Å². The second-order valence-electron chi connectivity index (χ2n) is 6.00. The highest BCUT2D eigenvalue weighted by Crippen LogP contribution is 2.35. The fourth-order valence-electron chi connectivity index (χ4n) is 2.46. The van der Waals surface area contributed by atoms with Crippen LogP contribution in [0.4, 0.5) is 0 Å². The Hall–Kier alpha value is -1.06. The van der Waals surface area contributed by atoms with Crippen LogP contribution in [0, 0.1) is 5.92 Å². The zero-order chi connectivity index (χ0) is 17.2. The molecule has 2 aromatic rings. The Morgan fingerprint density at radius 2 is 1.87 bits per heavy atom. The largest absolute Gasteiger partial charge is 0.396 e. The minimum absolute atomic E-state index is 0.0905. The number of hydrogen-bond donors (Lipinski definition) is 3. The van der Waals surface area contributed by atoms with Crippen molar-refractivity contribution in [3.05, 3.63) is 10.4 Å². The Bertz CT molecular complexity index is 667. The van der Waals surface area contributed by atoms with Gasteiger partial charge >= 0.3 is 0 Å². The van der Waals surface area contributed by atoms with Gasteiger partial charge in [0, 0.05) is 6.61 Å². The Morgan fingerprint density at radius 1 is 1.22 bits per heavy atom. The van der Waals surface area contributed by atoms with Crippen molar-refractivity contribution < 1.29 is 15.3 Å². The highest BCUT2D eigenvalue weighted by molar-refractivity contribution is 6.35. The smallest absolute Gasteiger partial charge is 0.225 e. The van der Waals surface area contributed by atoms with Gasteiger partial charge in [0.2, 0.25) is 5.28 Å². The molecule has 2 aromatic heterocycles. The van der Waals surface area contributed by atoms with E-state index >= 15 is 0 Å². The zero-order valence-electron chi connectivity index (χ0n) is 12.8. The van der Waals surface area contributed by atoms with E-state index in [0.29, 0.717) is 17.1 Å². The normalized spacial score (nSPS) is 21.3. The van der Waals surface area contributed by atoms with Crippen molar-refractivity contribution in [3.63, 3.8) is 0 Å². The maximum Gasteiger partial charge on any atom is 0.225 e. The zero-order valence-corrected chi connectivity index (χ0v) is 14.3. The molecular weight excluding hydrogens is 345 g/mol. The summed E-state index contributed by atoms with van der Waals surface area (Å²) >= 11 is 11.7. The van der Waals surface area contributed by atoms with Gasteiger partial charge < -0.3 is 15.3 Å². The van der Waals surface area contributed by atoms with Crippen molar-refractivity contribution in [2.45, 2.75) is 44.9 Å². The summed E-state index contributed by atoms with van der Waals surface area (Å²) in [5.41, 5.74) is 1.03. The number of aliphatic hydroxyl groups is 3. The van der Waals surface area contributed by atoms with Crippen molar-refractivity contribution in [2.24, 2.45) is 5.92 Å². The quantitative estimate of drug-likeness (QED) is 0.421. The summed E-state index contributed by atoms with van der Waals surface area (Å²) in [5.74, 6) is -1.18. The highest BCUT2D eigenvalue weighted by atomic mass is 35.5. The average molecular weight is 364 g/mol. The van der Waals surface area contributed by atoms with Gasteiger partial charge in [0.15, 0.2) is 22.1 Å². The van der Waals surface area contributed by atoms with Crippen LogP contribution in [0.1, 0.15) is 39.2 Å². The third-order valence-electron chi connectivity index (χ3n) is 3.37. The second kappa shape index (κ2) is 7.23. The maximum atomic E-state index is 9.17. The summed E-state index contributed by atoms with van der Waals surface area (Å²) in [6.45, 7) is 2.81. The molecule has 0 aromatic carbocycles. The van der Waals surface area contributed by atoms with E-state index in [0.717, 1.165) is 19.3 Å². The molecule has 3 N–H and O–H groups in total. The lowest BCUT2D eigenvalue weighted by Crippen LogP contribution is -2.15. The summed E-state index contributed by atoms with van der Waals surface area (Å²) in [4.78, 5) is 7.97. The molecule has 0 aliphatic heterocycles. The van der Waals surface area contributed by atoms with Gasteiger partial charge in [0.1, 0.15) is 0 Å². The number of aromatic nitrogens is 5. The third kappa shape index (κ3) is 4.95. The number of hydrogen-bond acceptors (Lipinski definition) is 7. The number of fused-ring (bicyclic) bond motifs is 1. The van der Waals surface area contributed by atoms with Crippen molar-refractivity contribution in [2.75, 3.05) is 6.61 Å². The van der Waals surface area contributed by atoms with Gasteiger partial charge in [-0.2, -0.15) is 4.98 Å². The number of halogens is 2. The predicted octanol–water partition coefficient (Wildman–Crippen LogP) is 1.57. The van der Waals surface area contributed by atoms with Crippen LogP contribution in [0.15, 0.2) is 0 Å². The van der Waals surface area contributed by atoms with E-state index < -0.39 is 5.79 Å². The van der Waals surface area contributed by atoms with E-state index in [4.69, 9.17) is 38.5 Å². The van der Waals surface area contributed by atoms with Gasteiger partial charge in [-0.25, -0.2) is 9.67 Å². The molecule has 0 radical (unpaired) electrons. The van der Waals surface area contributed by atoms with Crippen LogP contribution in [0.2, 0.25) is 10.4 Å². The lowest BCUT2D eigenvalue weighted by atomic mass is 10.1. The molecule has 0 spiro atoms. The molecule has 1 fully saturated rings. The first-order chi connectivity index (χ1) is 10.7. The van der Waals surface area contributed by atoms with Gasteiger partial charge in [-0.15, -0.1) is 5.10 Å². The van der Waals surface area contributed by atoms with E-state index in [-0.39, 0.29) is 23.1 Å². The van der Waals surface area contributed by atoms with Crippen molar-refractivity contribution in [3.8, 4) is 0 Å². The number of aliphatic hydroxyl groups excluding tert-OH is 1. The van der Waals surface area contributed by atoms with E-state index in [2.05, 4.69) is 20.3 Å². The van der Waals surface area contributed by atoms with Crippen molar-refractivity contribution in [1.82, 2.24) is 25.0 Å². The molecule has 1 aliphatic rings. The number of rotatable bonds is 2. The third-order valence-corrected chi connectivity index (χ3v) is 3.80. The summed E-state index contributed by atoms with van der Waals surface area (Å²) in [6.07, 6.45) is 2.80. The van der Waals surface area contributed by atoms with Crippen LogP contribution in [0.25, 0.3) is 11.2 Å². The van der Waals surface area contributed by atoms with Gasteiger partial charge in [-0.3, -0.25) is 0 Å². The molecule has 2 heterocycles. The van der Waals surface area contributed by atoms with E-state index in [1.54, 1.807) is 4.68 Å². The molecular formula is C13H19Cl2N5O3. The van der Waals surface area contributed by atoms with Gasteiger partial charge in [0.05, 0.1) is 6.04 Å². The van der Waals surface area contributed by atoms with Crippen LogP contribution in [-0.2, 0) is 0 Å². The molecule has 23 heavy (non-hydrogen) atoms. The minimum Gasteiger partial charge on any atom is -0.396 e. The molecule has 2 unspecified atom stereocenters. The highest BCUT2D eigenvalue weighted by Gasteiger charge is 2.28. The Balaban J connectivity index is 0.000000338. The molecule has 0 bridgehead atoms. The van der Waals surface area contributed by atoms with E-state index in [1.807, 2.05) is 0 Å². The fraction of sp³-hybridized carbons (Fsp3) is 0.692. The average Bonchev–Trinajstić information content (AvgIpc) is 3.01. The van der Waals surface area contributed by atoms with E-state index in [9.17, 15) is 0 Å². The van der Waals surface area contributed by atoms with Crippen LogP contribution in [0.3, 0.4) is 0 Å². The van der Waals surface area contributed by atoms with Crippen LogP contribution in [-0.4, -0.2) is 52.7 Å². The fourth-order valence-corrected chi connectivity index (χ4v) is 2.87. The molecule has 0 saturated heterocycles. The molecule has 10 heteroatoms. The first kappa shape index (κ1) is 18.3. The van der Waals surface area contributed by atoms with Gasteiger partial charge in [-0.05, 0) is 50.6 Å². The summed E-state index contributed by atoms with van der Waals surface area (Å²) in [5, 5.41) is 33.7. The second-order valence-corrected chi connectivity index (χ2v) is 6.70. The predicted molar refractivity (Wildman–Crippen MR) is 85.1 cm³/mol. The van der Waals surface area contributed by atoms with Gasteiger partial charge in [-0.1, -0.05) is 16.8 Å². The Labute approximate surface area is 143 Å². The van der Waals surface area contributed by atoms with Crippen molar-refractivity contribution >= 4 is 34.4 Å². The lowest BCUT2D eigenvalue weighted by molar-refractivity contribution is -0.127. The Kier molecular flexibility index (Phi) is 5.74. The Morgan fingerprint density at radius 3 is 2.43 bits per heavy atom. The molecule has 2 atom stereocenters. The first-order valence-electron chi connectivity index (χ1n) is 7.18. The van der Waals surface area contributed by atoms with Crippen LogP contribution in [0.5, 0.6) is 0 Å². The van der Waals surface area contributed by atoms with Crippen LogP contribution >= 0.6 is 23.2 Å². The molecule has 128 valence electrons. The molecule has 8 nitrogen and oxygen atoms in total. The number of nitrogens with zero attached hydrogens (tertiary/aromatic N) is 5. The maximum absolute atomic E-state index is 9.17. The SMILES string of the molecule is CC(C)(O)O.OCC1CCC(n2nnc3c(Cl)nc(Cl)nc32)C1. The monoisotopic (exact) mass is 363 g/mol. The van der Waals surface area contributed by atoms with Crippen molar-refractivity contribution in [1.29, 1.82) is 0 Å². The summed E-state index contributed by atoms with van der Waals surface area (Å²) in [6, 6.07) is 0.189. The summed E-state index contributed by atoms with van der Waals surface area (Å²) < 4.78 is 1.74. The minimum atomic E-state index is -1.50. The van der Waals surface area contributed by atoms with Gasteiger partial charge in [0.25, 0.3) is 0 Å². The molecule has 3 rings (SSSR count). The first-order valence-corrected chi connectivity index (χ1v) is 7.94. The topological polar surface area (TPSA) is 117 Å². The lowest BCUT2D eigenvalue weighted by Gasteiger charge is -2.10. The summed E-state index contributed by atoms with van der Waals surface area (Å²) in [7, 11) is 0.